The van der Waals surface area contributed by atoms with Crippen molar-refractivity contribution in [3.63, 3.8) is 0 Å². The standard InChI is InChI=1S/C12H22N2/c1-4-10-6-7-11(9-13)12(8-10)14(3)5-2/h10-12H,4-8H2,1-3H3. The summed E-state index contributed by atoms with van der Waals surface area (Å²) < 4.78 is 0. The number of hydrogen-bond acceptors (Lipinski definition) is 2. The maximum Gasteiger partial charge on any atom is 0.0672 e. The molecule has 2 heteroatoms. The monoisotopic (exact) mass is 194 g/mol. The molecule has 2 nitrogen and oxygen atoms in total. The molecule has 0 bridgehead atoms. The molecule has 3 atom stereocenters. The van der Waals surface area contributed by atoms with Crippen molar-refractivity contribution < 1.29 is 0 Å². The fourth-order valence-electron chi connectivity index (χ4n) is 2.47. The molecular weight excluding hydrogens is 172 g/mol. The zero-order chi connectivity index (χ0) is 10.6. The summed E-state index contributed by atoms with van der Waals surface area (Å²) in [7, 11) is 2.15. The molecule has 0 amide bonds. The summed E-state index contributed by atoms with van der Waals surface area (Å²) in [6.45, 7) is 5.49. The maximum atomic E-state index is 9.09. The Labute approximate surface area is 87.9 Å². The van der Waals surface area contributed by atoms with Crippen molar-refractivity contribution in [2.75, 3.05) is 13.6 Å². The lowest BCUT2D eigenvalue weighted by Crippen LogP contribution is -2.41. The van der Waals surface area contributed by atoms with Crippen LogP contribution in [0.2, 0.25) is 0 Å². The Hall–Kier alpha value is -0.550. The Bertz CT molecular complexity index is 207. The molecule has 0 N–H and O–H groups in total. The fraction of sp³-hybridized carbons (Fsp3) is 0.917. The van der Waals surface area contributed by atoms with E-state index in [1.807, 2.05) is 0 Å². The van der Waals surface area contributed by atoms with Crippen LogP contribution in [-0.2, 0) is 0 Å². The number of hydrogen-bond donors (Lipinski definition) is 0. The van der Waals surface area contributed by atoms with Gasteiger partial charge in [-0.25, -0.2) is 0 Å². The van der Waals surface area contributed by atoms with Crippen LogP contribution in [0, 0.1) is 23.2 Å². The van der Waals surface area contributed by atoms with Crippen LogP contribution in [0.4, 0.5) is 0 Å². The first-order valence-electron chi connectivity index (χ1n) is 5.82. The van der Waals surface area contributed by atoms with Crippen LogP contribution in [0.3, 0.4) is 0 Å². The lowest BCUT2D eigenvalue weighted by atomic mass is 9.77. The molecular formula is C12H22N2. The van der Waals surface area contributed by atoms with Gasteiger partial charge < -0.3 is 4.90 Å². The Morgan fingerprint density at radius 2 is 2.07 bits per heavy atom. The van der Waals surface area contributed by atoms with E-state index in [1.54, 1.807) is 0 Å². The Morgan fingerprint density at radius 3 is 2.57 bits per heavy atom. The van der Waals surface area contributed by atoms with E-state index in [0.29, 0.717) is 6.04 Å². The highest BCUT2D eigenvalue weighted by Crippen LogP contribution is 2.33. The molecule has 0 aromatic heterocycles. The van der Waals surface area contributed by atoms with E-state index in [-0.39, 0.29) is 5.92 Å². The van der Waals surface area contributed by atoms with Gasteiger partial charge in [0.15, 0.2) is 0 Å². The number of rotatable bonds is 3. The van der Waals surface area contributed by atoms with Gasteiger partial charge in [-0.2, -0.15) is 5.26 Å². The predicted molar refractivity (Wildman–Crippen MR) is 58.8 cm³/mol. The van der Waals surface area contributed by atoms with Gasteiger partial charge >= 0.3 is 0 Å². The van der Waals surface area contributed by atoms with Gasteiger partial charge in [0.2, 0.25) is 0 Å². The molecule has 0 aromatic rings. The zero-order valence-electron chi connectivity index (χ0n) is 9.66. The second-order valence-corrected chi connectivity index (χ2v) is 4.46. The van der Waals surface area contributed by atoms with Gasteiger partial charge in [0.25, 0.3) is 0 Å². The Balaban J connectivity index is 2.61. The summed E-state index contributed by atoms with van der Waals surface area (Å²) in [5.74, 6) is 1.11. The molecule has 1 aliphatic rings. The second-order valence-electron chi connectivity index (χ2n) is 4.46. The summed E-state index contributed by atoms with van der Waals surface area (Å²) in [6.07, 6.45) is 4.85. The van der Waals surface area contributed by atoms with Gasteiger partial charge in [0.05, 0.1) is 12.0 Å². The highest BCUT2D eigenvalue weighted by molar-refractivity contribution is 4.96. The van der Waals surface area contributed by atoms with Gasteiger partial charge in [0.1, 0.15) is 0 Å². The molecule has 1 aliphatic carbocycles. The van der Waals surface area contributed by atoms with Crippen molar-refractivity contribution in [2.24, 2.45) is 11.8 Å². The van der Waals surface area contributed by atoms with Crippen molar-refractivity contribution >= 4 is 0 Å². The minimum Gasteiger partial charge on any atom is -0.302 e. The minimum absolute atomic E-state index is 0.266. The first-order chi connectivity index (χ1) is 6.72. The summed E-state index contributed by atoms with van der Waals surface area (Å²) in [5, 5.41) is 9.09. The van der Waals surface area contributed by atoms with Crippen molar-refractivity contribution in [2.45, 2.75) is 45.6 Å². The largest absolute Gasteiger partial charge is 0.302 e. The quantitative estimate of drug-likeness (QED) is 0.690. The van der Waals surface area contributed by atoms with Crippen LogP contribution >= 0.6 is 0 Å². The zero-order valence-corrected chi connectivity index (χ0v) is 9.66. The molecule has 14 heavy (non-hydrogen) atoms. The van der Waals surface area contributed by atoms with Crippen LogP contribution in [0.5, 0.6) is 0 Å². The van der Waals surface area contributed by atoms with Gasteiger partial charge in [-0.05, 0) is 38.8 Å². The molecule has 0 aromatic carbocycles. The summed E-state index contributed by atoms with van der Waals surface area (Å²) in [6, 6.07) is 2.98. The van der Waals surface area contributed by atoms with Crippen LogP contribution in [-0.4, -0.2) is 24.5 Å². The predicted octanol–water partition coefficient (Wildman–Crippen LogP) is 2.66. The first-order valence-corrected chi connectivity index (χ1v) is 5.82. The summed E-state index contributed by atoms with van der Waals surface area (Å²) in [4.78, 5) is 2.34. The Kier molecular flexibility index (Phi) is 4.41. The van der Waals surface area contributed by atoms with Crippen LogP contribution in [0.15, 0.2) is 0 Å². The smallest absolute Gasteiger partial charge is 0.0672 e. The van der Waals surface area contributed by atoms with Gasteiger partial charge in [-0.3, -0.25) is 0 Å². The molecule has 0 saturated heterocycles. The van der Waals surface area contributed by atoms with E-state index in [4.69, 9.17) is 5.26 Å². The van der Waals surface area contributed by atoms with E-state index in [1.165, 1.54) is 19.3 Å². The number of nitrogens with zero attached hydrogens (tertiary/aromatic N) is 2. The van der Waals surface area contributed by atoms with E-state index in [9.17, 15) is 0 Å². The second kappa shape index (κ2) is 5.36. The third-order valence-corrected chi connectivity index (χ3v) is 3.73. The molecule has 80 valence electrons. The van der Waals surface area contributed by atoms with Gasteiger partial charge in [-0.15, -0.1) is 0 Å². The molecule has 1 rings (SSSR count). The van der Waals surface area contributed by atoms with E-state index in [0.717, 1.165) is 18.9 Å². The minimum atomic E-state index is 0.266. The summed E-state index contributed by atoms with van der Waals surface area (Å²) in [5.41, 5.74) is 0. The lowest BCUT2D eigenvalue weighted by molar-refractivity contribution is 0.129. The highest BCUT2D eigenvalue weighted by atomic mass is 15.1. The number of nitriles is 1. The van der Waals surface area contributed by atoms with Crippen LogP contribution in [0.1, 0.15) is 39.5 Å². The highest BCUT2D eigenvalue weighted by Gasteiger charge is 2.31. The summed E-state index contributed by atoms with van der Waals surface area (Å²) >= 11 is 0. The third-order valence-electron chi connectivity index (χ3n) is 3.73. The van der Waals surface area contributed by atoms with Crippen molar-refractivity contribution in [1.82, 2.24) is 4.90 Å². The van der Waals surface area contributed by atoms with Crippen LogP contribution in [0.25, 0.3) is 0 Å². The van der Waals surface area contributed by atoms with E-state index in [2.05, 4.69) is 31.9 Å². The van der Waals surface area contributed by atoms with Crippen LogP contribution < -0.4 is 0 Å². The molecule has 1 fully saturated rings. The topological polar surface area (TPSA) is 27.0 Å². The third kappa shape index (κ3) is 2.48. The van der Waals surface area contributed by atoms with Gasteiger partial charge in [-0.1, -0.05) is 20.3 Å². The average molecular weight is 194 g/mol. The molecule has 0 aliphatic heterocycles. The van der Waals surface area contributed by atoms with E-state index < -0.39 is 0 Å². The molecule has 0 radical (unpaired) electrons. The molecule has 0 spiro atoms. The van der Waals surface area contributed by atoms with Crippen molar-refractivity contribution in [1.29, 1.82) is 5.26 Å². The molecule has 0 heterocycles. The van der Waals surface area contributed by atoms with Crippen molar-refractivity contribution in [3.05, 3.63) is 0 Å². The fourth-order valence-corrected chi connectivity index (χ4v) is 2.47. The molecule has 1 saturated carbocycles. The Morgan fingerprint density at radius 1 is 1.36 bits per heavy atom. The lowest BCUT2D eigenvalue weighted by Gasteiger charge is -2.37. The normalized spacial score (nSPS) is 32.9. The van der Waals surface area contributed by atoms with Gasteiger partial charge in [0, 0.05) is 6.04 Å². The first kappa shape index (κ1) is 11.5. The SMILES string of the molecule is CCC1CCC(C#N)C(N(C)CC)C1. The average Bonchev–Trinajstić information content (AvgIpc) is 2.27. The van der Waals surface area contributed by atoms with Crippen molar-refractivity contribution in [3.8, 4) is 6.07 Å². The van der Waals surface area contributed by atoms with E-state index >= 15 is 0 Å². The molecule has 3 unspecified atom stereocenters. The maximum absolute atomic E-state index is 9.09.